The van der Waals surface area contributed by atoms with Crippen LogP contribution >= 0.6 is 0 Å². The van der Waals surface area contributed by atoms with Gasteiger partial charge in [-0.3, -0.25) is 9.58 Å². The summed E-state index contributed by atoms with van der Waals surface area (Å²) in [6, 6.07) is 0. The molecule has 2 rings (SSSR count). The Kier molecular flexibility index (Phi) is 3.31. The van der Waals surface area contributed by atoms with E-state index in [0.29, 0.717) is 12.3 Å². The molecule has 0 fully saturated rings. The third-order valence-corrected chi connectivity index (χ3v) is 2.69. The Morgan fingerprint density at radius 3 is 3.17 bits per heavy atom. The van der Waals surface area contributed by atoms with Crippen molar-refractivity contribution < 1.29 is 14.7 Å². The maximum absolute atomic E-state index is 11.1. The predicted molar refractivity (Wildman–Crippen MR) is 64.3 cm³/mol. The first kappa shape index (κ1) is 12.2. The van der Waals surface area contributed by atoms with Gasteiger partial charge < -0.3 is 9.94 Å². The minimum Gasteiger partial charge on any atom is -0.465 e. The van der Waals surface area contributed by atoms with Crippen LogP contribution in [0.3, 0.4) is 0 Å². The van der Waals surface area contributed by atoms with Gasteiger partial charge in [-0.15, -0.1) is 0 Å². The molecule has 1 aliphatic rings. The summed E-state index contributed by atoms with van der Waals surface area (Å²) in [7, 11) is 1.77. The van der Waals surface area contributed by atoms with Crippen molar-refractivity contribution in [2.75, 3.05) is 13.2 Å². The van der Waals surface area contributed by atoms with Crippen LogP contribution in [0.2, 0.25) is 0 Å². The van der Waals surface area contributed by atoms with E-state index in [9.17, 15) is 4.79 Å². The van der Waals surface area contributed by atoms with Gasteiger partial charge in [-0.25, -0.2) is 4.79 Å². The molecule has 18 heavy (non-hydrogen) atoms. The molecule has 0 spiro atoms. The van der Waals surface area contributed by atoms with Crippen LogP contribution in [-0.2, 0) is 18.4 Å². The Morgan fingerprint density at radius 2 is 2.50 bits per heavy atom. The Hall–Kier alpha value is -2.31. The van der Waals surface area contributed by atoms with Gasteiger partial charge in [0.1, 0.15) is 12.3 Å². The number of amides is 1. The van der Waals surface area contributed by atoms with E-state index in [1.807, 2.05) is 0 Å². The topological polar surface area (TPSA) is 79.9 Å². The Labute approximate surface area is 104 Å². The SMILES string of the molecule is C=CCON=C1CN(C(=O)O)Cc2c1cnn2C. The molecule has 1 aromatic rings. The summed E-state index contributed by atoms with van der Waals surface area (Å²) >= 11 is 0. The summed E-state index contributed by atoms with van der Waals surface area (Å²) < 4.78 is 1.65. The lowest BCUT2D eigenvalue weighted by Gasteiger charge is -2.25. The molecule has 0 saturated heterocycles. The molecule has 0 aromatic carbocycles. The molecule has 7 nitrogen and oxygen atoms in total. The van der Waals surface area contributed by atoms with Crippen LogP contribution < -0.4 is 0 Å². The van der Waals surface area contributed by atoms with Gasteiger partial charge in [-0.2, -0.15) is 5.10 Å². The maximum Gasteiger partial charge on any atom is 0.408 e. The van der Waals surface area contributed by atoms with Crippen LogP contribution in [0, 0.1) is 0 Å². The largest absolute Gasteiger partial charge is 0.465 e. The van der Waals surface area contributed by atoms with Crippen LogP contribution in [0.1, 0.15) is 11.3 Å². The van der Waals surface area contributed by atoms with Crippen LogP contribution in [0.15, 0.2) is 24.0 Å². The van der Waals surface area contributed by atoms with Gasteiger partial charge in [0.25, 0.3) is 0 Å². The summed E-state index contributed by atoms with van der Waals surface area (Å²) in [4.78, 5) is 17.4. The molecule has 0 aliphatic carbocycles. The number of nitrogens with zero attached hydrogens (tertiary/aromatic N) is 4. The average Bonchev–Trinajstić information content (AvgIpc) is 2.71. The number of hydrogen-bond acceptors (Lipinski definition) is 4. The number of aromatic nitrogens is 2. The number of rotatable bonds is 3. The molecule has 0 saturated carbocycles. The molecular formula is C11H14N4O3. The Balaban J connectivity index is 2.31. The zero-order chi connectivity index (χ0) is 13.1. The molecule has 7 heteroatoms. The number of oxime groups is 1. The fourth-order valence-electron chi connectivity index (χ4n) is 1.78. The van der Waals surface area contributed by atoms with E-state index in [1.54, 1.807) is 24.0 Å². The van der Waals surface area contributed by atoms with Crippen molar-refractivity contribution in [2.24, 2.45) is 12.2 Å². The van der Waals surface area contributed by atoms with Crippen LogP contribution in [0.25, 0.3) is 0 Å². The van der Waals surface area contributed by atoms with Crippen molar-refractivity contribution in [3.05, 3.63) is 30.1 Å². The monoisotopic (exact) mass is 250 g/mol. The second-order valence-electron chi connectivity index (χ2n) is 3.89. The van der Waals surface area contributed by atoms with Gasteiger partial charge in [0.15, 0.2) is 0 Å². The highest BCUT2D eigenvalue weighted by Gasteiger charge is 2.28. The van der Waals surface area contributed by atoms with E-state index in [1.165, 1.54) is 4.90 Å². The van der Waals surface area contributed by atoms with Crippen molar-refractivity contribution in [3.8, 4) is 0 Å². The van der Waals surface area contributed by atoms with E-state index in [4.69, 9.17) is 9.94 Å². The van der Waals surface area contributed by atoms with Crippen LogP contribution in [-0.4, -0.2) is 44.7 Å². The number of aryl methyl sites for hydroxylation is 1. The summed E-state index contributed by atoms with van der Waals surface area (Å²) in [6.45, 7) is 4.31. The smallest absolute Gasteiger partial charge is 0.408 e. The van der Waals surface area contributed by atoms with Gasteiger partial charge in [-0.05, 0) is 0 Å². The highest BCUT2D eigenvalue weighted by molar-refractivity contribution is 6.04. The van der Waals surface area contributed by atoms with Crippen molar-refractivity contribution in [1.82, 2.24) is 14.7 Å². The molecular weight excluding hydrogens is 236 g/mol. The molecule has 0 atom stereocenters. The van der Waals surface area contributed by atoms with Crippen molar-refractivity contribution in [3.63, 3.8) is 0 Å². The van der Waals surface area contributed by atoms with E-state index in [2.05, 4.69) is 16.8 Å². The number of carboxylic acid groups (broad SMARTS) is 1. The fraction of sp³-hybridized carbons (Fsp3) is 0.364. The first-order valence-corrected chi connectivity index (χ1v) is 5.42. The number of carbonyl (C=O) groups is 1. The fourth-order valence-corrected chi connectivity index (χ4v) is 1.78. The second-order valence-corrected chi connectivity index (χ2v) is 3.89. The summed E-state index contributed by atoms with van der Waals surface area (Å²) in [5.74, 6) is 0. The van der Waals surface area contributed by atoms with Crippen molar-refractivity contribution in [1.29, 1.82) is 0 Å². The Morgan fingerprint density at radius 1 is 1.72 bits per heavy atom. The predicted octanol–water partition coefficient (Wildman–Crippen LogP) is 0.820. The van der Waals surface area contributed by atoms with Gasteiger partial charge in [0.2, 0.25) is 0 Å². The second kappa shape index (κ2) is 4.91. The highest BCUT2D eigenvalue weighted by atomic mass is 16.6. The Bertz CT molecular complexity index is 506. The third-order valence-electron chi connectivity index (χ3n) is 2.69. The third kappa shape index (κ3) is 2.20. The molecule has 0 unspecified atom stereocenters. The summed E-state index contributed by atoms with van der Waals surface area (Å²) in [6.07, 6.45) is 2.26. The van der Waals surface area contributed by atoms with E-state index in [0.717, 1.165) is 11.3 Å². The molecule has 96 valence electrons. The van der Waals surface area contributed by atoms with E-state index < -0.39 is 6.09 Å². The first-order chi connectivity index (χ1) is 8.63. The minimum absolute atomic E-state index is 0.200. The van der Waals surface area contributed by atoms with Gasteiger partial charge in [0.05, 0.1) is 25.0 Å². The molecule has 1 aromatic heterocycles. The molecule has 2 heterocycles. The quantitative estimate of drug-likeness (QED) is 0.489. The number of fused-ring (bicyclic) bond motifs is 1. The summed E-state index contributed by atoms with van der Waals surface area (Å²) in [5.41, 5.74) is 2.21. The minimum atomic E-state index is -0.988. The lowest BCUT2D eigenvalue weighted by atomic mass is 10.1. The van der Waals surface area contributed by atoms with E-state index >= 15 is 0 Å². The van der Waals surface area contributed by atoms with Gasteiger partial charge in [-0.1, -0.05) is 17.8 Å². The average molecular weight is 250 g/mol. The lowest BCUT2D eigenvalue weighted by molar-refractivity contribution is 0.144. The van der Waals surface area contributed by atoms with Crippen LogP contribution in [0.4, 0.5) is 4.79 Å². The molecule has 1 N–H and O–H groups in total. The molecule has 0 bridgehead atoms. The van der Waals surface area contributed by atoms with Crippen molar-refractivity contribution >= 4 is 11.8 Å². The normalized spacial score (nSPS) is 16.5. The molecule has 1 amide bonds. The van der Waals surface area contributed by atoms with Gasteiger partial charge >= 0.3 is 6.09 Å². The van der Waals surface area contributed by atoms with E-state index in [-0.39, 0.29) is 13.2 Å². The highest BCUT2D eigenvalue weighted by Crippen LogP contribution is 2.18. The lowest BCUT2D eigenvalue weighted by Crippen LogP contribution is -2.39. The molecule has 0 radical (unpaired) electrons. The zero-order valence-corrected chi connectivity index (χ0v) is 10.0. The summed E-state index contributed by atoms with van der Waals surface area (Å²) in [5, 5.41) is 17.1. The standard InChI is InChI=1S/C11H14N4O3/c1-3-4-18-13-9-6-15(11(16)17)7-10-8(9)5-12-14(10)2/h3,5H,1,4,6-7H2,2H3,(H,16,17). The zero-order valence-electron chi connectivity index (χ0n) is 10.0. The first-order valence-electron chi connectivity index (χ1n) is 5.42. The van der Waals surface area contributed by atoms with Crippen LogP contribution in [0.5, 0.6) is 0 Å². The molecule has 1 aliphatic heterocycles. The van der Waals surface area contributed by atoms with Gasteiger partial charge in [0, 0.05) is 12.6 Å². The van der Waals surface area contributed by atoms with Crippen molar-refractivity contribution in [2.45, 2.75) is 6.54 Å². The number of hydrogen-bond donors (Lipinski definition) is 1. The maximum atomic E-state index is 11.1.